The van der Waals surface area contributed by atoms with Crippen LogP contribution in [-0.2, 0) is 0 Å². The number of benzene rings is 2. The highest BCUT2D eigenvalue weighted by Gasteiger charge is 2.29. The van der Waals surface area contributed by atoms with Gasteiger partial charge in [-0.25, -0.2) is 9.37 Å². The second kappa shape index (κ2) is 10.2. The third-order valence-corrected chi connectivity index (χ3v) is 8.27. The SMILES string of the molecule is O=C(c1nc2ccc(O)cc2[nH]1)N1CCCCC1CCCN1CCC(c2c[nH]c3ccc(F)cc23)CC1. The summed E-state index contributed by atoms with van der Waals surface area (Å²) in [6.07, 6.45) is 9.49. The molecule has 2 aliphatic heterocycles. The van der Waals surface area contributed by atoms with Gasteiger partial charge >= 0.3 is 0 Å². The van der Waals surface area contributed by atoms with Crippen molar-refractivity contribution in [2.24, 2.45) is 0 Å². The molecule has 2 aliphatic rings. The second-order valence-electron chi connectivity index (χ2n) is 10.6. The van der Waals surface area contributed by atoms with E-state index in [1.165, 1.54) is 11.6 Å². The number of aromatic nitrogens is 3. The number of rotatable bonds is 6. The van der Waals surface area contributed by atoms with Crippen LogP contribution in [0, 0.1) is 5.82 Å². The first-order valence-electron chi connectivity index (χ1n) is 13.5. The fourth-order valence-corrected chi connectivity index (χ4v) is 6.27. The summed E-state index contributed by atoms with van der Waals surface area (Å²) >= 11 is 0. The zero-order chi connectivity index (χ0) is 25.4. The number of likely N-dealkylation sites (tertiary alicyclic amines) is 2. The van der Waals surface area contributed by atoms with Gasteiger partial charge in [-0.3, -0.25) is 4.79 Å². The van der Waals surface area contributed by atoms with Crippen LogP contribution in [0.1, 0.15) is 67.0 Å². The lowest BCUT2D eigenvalue weighted by atomic mass is 9.89. The number of hydrogen-bond donors (Lipinski definition) is 3. The highest BCUT2D eigenvalue weighted by atomic mass is 19.1. The van der Waals surface area contributed by atoms with Crippen molar-refractivity contribution in [3.05, 3.63) is 59.8 Å². The number of piperidine rings is 2. The summed E-state index contributed by atoms with van der Waals surface area (Å²) in [4.78, 5) is 28.7. The van der Waals surface area contributed by atoms with Crippen LogP contribution in [0.5, 0.6) is 5.75 Å². The molecule has 0 aliphatic carbocycles. The smallest absolute Gasteiger partial charge is 0.289 e. The number of aromatic amines is 2. The minimum atomic E-state index is -0.180. The Labute approximate surface area is 215 Å². The van der Waals surface area contributed by atoms with Crippen LogP contribution in [0.15, 0.2) is 42.6 Å². The van der Waals surface area contributed by atoms with Gasteiger partial charge in [-0.15, -0.1) is 0 Å². The number of hydrogen-bond acceptors (Lipinski definition) is 4. The van der Waals surface area contributed by atoms with Crippen LogP contribution < -0.4 is 0 Å². The molecule has 2 aromatic heterocycles. The summed E-state index contributed by atoms with van der Waals surface area (Å²) < 4.78 is 13.8. The molecular formula is C29H34FN5O2. The molecule has 6 rings (SSSR count). The number of carbonyl (C=O) groups excluding carboxylic acids is 1. The molecule has 2 aromatic carbocycles. The van der Waals surface area contributed by atoms with E-state index in [-0.39, 0.29) is 23.5 Å². The fraction of sp³-hybridized carbons (Fsp3) is 0.448. The van der Waals surface area contributed by atoms with Gasteiger partial charge in [-0.1, -0.05) is 0 Å². The second-order valence-corrected chi connectivity index (χ2v) is 10.6. The van der Waals surface area contributed by atoms with Gasteiger partial charge in [0.25, 0.3) is 5.91 Å². The molecule has 3 N–H and O–H groups in total. The molecule has 1 amide bonds. The topological polar surface area (TPSA) is 88.2 Å². The van der Waals surface area contributed by atoms with Gasteiger partial charge in [-0.2, -0.15) is 0 Å². The number of carbonyl (C=O) groups is 1. The molecule has 7 nitrogen and oxygen atoms in total. The number of H-pyrrole nitrogens is 2. The number of amides is 1. The van der Waals surface area contributed by atoms with Gasteiger partial charge in [0.1, 0.15) is 11.6 Å². The lowest BCUT2D eigenvalue weighted by molar-refractivity contribution is 0.0581. The van der Waals surface area contributed by atoms with Gasteiger partial charge in [0.05, 0.1) is 11.0 Å². The van der Waals surface area contributed by atoms with E-state index >= 15 is 0 Å². The predicted octanol–water partition coefficient (Wildman–Crippen LogP) is 5.54. The maximum Gasteiger partial charge on any atom is 0.289 e. The first-order chi connectivity index (χ1) is 18.0. The fourth-order valence-electron chi connectivity index (χ4n) is 6.27. The molecule has 194 valence electrons. The van der Waals surface area contributed by atoms with Crippen LogP contribution in [0.4, 0.5) is 4.39 Å². The Bertz CT molecular complexity index is 1400. The molecule has 2 saturated heterocycles. The summed E-state index contributed by atoms with van der Waals surface area (Å²) in [5.41, 5.74) is 3.62. The number of halogens is 1. The Kier molecular flexibility index (Phi) is 6.59. The lowest BCUT2D eigenvalue weighted by Gasteiger charge is -2.36. The molecule has 0 bridgehead atoms. The van der Waals surface area contributed by atoms with E-state index < -0.39 is 0 Å². The summed E-state index contributed by atoms with van der Waals surface area (Å²) in [6.45, 7) is 3.90. The van der Waals surface area contributed by atoms with Crippen LogP contribution >= 0.6 is 0 Å². The van der Waals surface area contributed by atoms with Gasteiger partial charge in [-0.05, 0) is 106 Å². The van der Waals surface area contributed by atoms with Crippen molar-refractivity contribution in [1.82, 2.24) is 24.8 Å². The average molecular weight is 504 g/mol. The average Bonchev–Trinajstić information content (AvgIpc) is 3.53. The molecule has 2 fully saturated rings. The summed E-state index contributed by atoms with van der Waals surface area (Å²) in [5.74, 6) is 0.748. The minimum absolute atomic E-state index is 0.0450. The predicted molar refractivity (Wildman–Crippen MR) is 142 cm³/mol. The standard InChI is InChI=1S/C29H34FN5O2/c30-20-6-8-25-23(16-20)24(18-31-25)19-10-14-34(15-11-19)12-3-5-21-4-1-2-13-35(21)29(37)28-32-26-9-7-22(36)17-27(26)33-28/h6-9,16-19,21,31,36H,1-5,10-15H2,(H,32,33). The summed E-state index contributed by atoms with van der Waals surface area (Å²) in [6, 6.07) is 10.1. The van der Waals surface area contributed by atoms with E-state index in [4.69, 9.17) is 0 Å². The van der Waals surface area contributed by atoms with E-state index in [1.807, 2.05) is 11.0 Å². The Morgan fingerprint density at radius 1 is 1.05 bits per heavy atom. The number of imidazole rings is 1. The Morgan fingerprint density at radius 3 is 2.78 bits per heavy atom. The molecule has 8 heteroatoms. The zero-order valence-electron chi connectivity index (χ0n) is 21.0. The van der Waals surface area contributed by atoms with Crippen LogP contribution in [0.3, 0.4) is 0 Å². The number of phenolic OH excluding ortho intramolecular Hbond substituents is 1. The Morgan fingerprint density at radius 2 is 1.92 bits per heavy atom. The van der Waals surface area contributed by atoms with Crippen LogP contribution in [0.25, 0.3) is 21.9 Å². The highest BCUT2D eigenvalue weighted by Crippen LogP contribution is 2.34. The number of fused-ring (bicyclic) bond motifs is 2. The van der Waals surface area contributed by atoms with Gasteiger partial charge in [0.15, 0.2) is 5.82 Å². The largest absolute Gasteiger partial charge is 0.508 e. The zero-order valence-corrected chi connectivity index (χ0v) is 21.0. The highest BCUT2D eigenvalue weighted by molar-refractivity contribution is 5.94. The summed E-state index contributed by atoms with van der Waals surface area (Å²) in [5, 5.41) is 10.7. The molecule has 0 spiro atoms. The van der Waals surface area contributed by atoms with Crippen molar-refractivity contribution in [1.29, 1.82) is 0 Å². The molecular weight excluding hydrogens is 469 g/mol. The van der Waals surface area contributed by atoms with E-state index in [2.05, 4.69) is 26.0 Å². The van der Waals surface area contributed by atoms with E-state index in [0.29, 0.717) is 22.8 Å². The van der Waals surface area contributed by atoms with Crippen LogP contribution in [-0.4, -0.2) is 68.0 Å². The Hall–Kier alpha value is -3.39. The van der Waals surface area contributed by atoms with Crippen molar-refractivity contribution in [3.8, 4) is 5.75 Å². The third-order valence-electron chi connectivity index (χ3n) is 8.27. The first kappa shape index (κ1) is 24.0. The summed E-state index contributed by atoms with van der Waals surface area (Å²) in [7, 11) is 0. The quantitative estimate of drug-likeness (QED) is 0.322. The molecule has 4 aromatic rings. The third kappa shape index (κ3) is 4.94. The van der Waals surface area contributed by atoms with Crippen molar-refractivity contribution in [2.75, 3.05) is 26.2 Å². The maximum atomic E-state index is 13.8. The van der Waals surface area contributed by atoms with Gasteiger partial charge in [0, 0.05) is 35.8 Å². The van der Waals surface area contributed by atoms with Crippen LogP contribution in [0.2, 0.25) is 0 Å². The number of nitrogens with zero attached hydrogens (tertiary/aromatic N) is 3. The van der Waals surface area contributed by atoms with Gasteiger partial charge in [0.2, 0.25) is 0 Å². The number of nitrogens with one attached hydrogen (secondary N) is 2. The molecule has 37 heavy (non-hydrogen) atoms. The van der Waals surface area contributed by atoms with Gasteiger partial charge < -0.3 is 24.9 Å². The molecule has 0 saturated carbocycles. The monoisotopic (exact) mass is 503 g/mol. The molecule has 0 radical (unpaired) electrons. The van der Waals surface area contributed by atoms with Crippen molar-refractivity contribution >= 4 is 27.8 Å². The maximum absolute atomic E-state index is 13.8. The first-order valence-corrected chi connectivity index (χ1v) is 13.5. The lowest BCUT2D eigenvalue weighted by Crippen LogP contribution is -2.44. The van der Waals surface area contributed by atoms with E-state index in [9.17, 15) is 14.3 Å². The minimum Gasteiger partial charge on any atom is -0.508 e. The van der Waals surface area contributed by atoms with Crippen molar-refractivity contribution < 1.29 is 14.3 Å². The van der Waals surface area contributed by atoms with Crippen molar-refractivity contribution in [3.63, 3.8) is 0 Å². The molecule has 1 atom stereocenters. The van der Waals surface area contributed by atoms with E-state index in [1.54, 1.807) is 24.3 Å². The normalized spacial score (nSPS) is 19.7. The molecule has 4 heterocycles. The Balaban J connectivity index is 1.03. The number of phenols is 1. The van der Waals surface area contributed by atoms with Crippen molar-refractivity contribution in [2.45, 2.75) is 56.9 Å². The molecule has 1 unspecified atom stereocenters. The number of aromatic hydroxyl groups is 1. The van der Waals surface area contributed by atoms with E-state index in [0.717, 1.165) is 82.0 Å².